The van der Waals surface area contributed by atoms with Crippen molar-refractivity contribution in [2.75, 3.05) is 6.61 Å². The summed E-state index contributed by atoms with van der Waals surface area (Å²) < 4.78 is 13.4. The lowest BCUT2D eigenvalue weighted by atomic mass is 10.1. The molecule has 0 aliphatic carbocycles. The Bertz CT molecular complexity index is 453. The van der Waals surface area contributed by atoms with Gasteiger partial charge in [0.2, 0.25) is 0 Å². The first kappa shape index (κ1) is 14.7. The minimum atomic E-state index is -0.831. The molecule has 1 aromatic rings. The zero-order valence-electron chi connectivity index (χ0n) is 10.2. The number of nitrogens with one attached hydrogen (secondary N) is 1. The summed E-state index contributed by atoms with van der Waals surface area (Å²) in [7, 11) is 0. The van der Waals surface area contributed by atoms with Crippen molar-refractivity contribution < 1.29 is 14.3 Å². The highest BCUT2D eigenvalue weighted by Gasteiger charge is 2.17. The minimum absolute atomic E-state index is 0.292. The number of amides is 1. The lowest BCUT2D eigenvalue weighted by Gasteiger charge is -2.16. The molecule has 18 heavy (non-hydrogen) atoms. The van der Waals surface area contributed by atoms with Gasteiger partial charge in [-0.15, -0.1) is 0 Å². The van der Waals surface area contributed by atoms with Gasteiger partial charge < -0.3 is 10.4 Å². The molecule has 0 fully saturated rings. The van der Waals surface area contributed by atoms with Crippen molar-refractivity contribution >= 4 is 17.5 Å². The van der Waals surface area contributed by atoms with E-state index in [9.17, 15) is 14.3 Å². The van der Waals surface area contributed by atoms with Crippen LogP contribution in [0.5, 0.6) is 0 Å². The average Bonchev–Trinajstić information content (AvgIpc) is 2.35. The summed E-state index contributed by atoms with van der Waals surface area (Å²) in [6.07, 6.45) is 0. The summed E-state index contributed by atoms with van der Waals surface area (Å²) in [6, 6.07) is 5.97. The second-order valence-electron chi connectivity index (χ2n) is 4.07. The van der Waals surface area contributed by atoms with Crippen LogP contribution in [0.15, 0.2) is 35.7 Å². The highest BCUT2D eigenvalue weighted by Crippen LogP contribution is 2.17. The fraction of sp³-hybridized carbons (Fsp3) is 0.308. The van der Waals surface area contributed by atoms with Gasteiger partial charge in [-0.05, 0) is 37.1 Å². The van der Waals surface area contributed by atoms with Crippen molar-refractivity contribution in [3.05, 3.63) is 46.3 Å². The van der Waals surface area contributed by atoms with Gasteiger partial charge in [0.25, 0.3) is 5.91 Å². The van der Waals surface area contributed by atoms with Gasteiger partial charge in [0.05, 0.1) is 12.6 Å². The number of rotatable bonds is 4. The van der Waals surface area contributed by atoms with E-state index in [1.54, 1.807) is 24.3 Å². The molecule has 1 aromatic carbocycles. The van der Waals surface area contributed by atoms with Crippen LogP contribution in [0.3, 0.4) is 0 Å². The van der Waals surface area contributed by atoms with Crippen molar-refractivity contribution in [1.29, 1.82) is 0 Å². The maximum Gasteiger partial charge on any atom is 0.280 e. The Hall–Kier alpha value is -1.39. The third-order valence-corrected chi connectivity index (χ3v) is 2.65. The molecule has 1 amide bonds. The Balaban J connectivity index is 2.83. The lowest BCUT2D eigenvalue weighted by molar-refractivity contribution is -0.120. The molecule has 98 valence electrons. The molecule has 2 N–H and O–H groups in total. The van der Waals surface area contributed by atoms with Gasteiger partial charge in [0.1, 0.15) is 0 Å². The molecule has 5 heteroatoms. The molecular formula is C13H15ClFNO2. The number of aliphatic hydroxyl groups excluding tert-OH is 1. The molecule has 1 unspecified atom stereocenters. The fourth-order valence-electron chi connectivity index (χ4n) is 1.38. The van der Waals surface area contributed by atoms with E-state index >= 15 is 0 Å². The first-order valence-electron chi connectivity index (χ1n) is 5.46. The molecule has 1 rings (SSSR count). The molecule has 0 aliphatic rings. The van der Waals surface area contributed by atoms with Crippen molar-refractivity contribution in [3.63, 3.8) is 0 Å². The van der Waals surface area contributed by atoms with E-state index in [0.717, 1.165) is 0 Å². The van der Waals surface area contributed by atoms with Crippen LogP contribution in [-0.2, 0) is 4.79 Å². The second-order valence-corrected chi connectivity index (χ2v) is 4.51. The third kappa shape index (κ3) is 3.82. The summed E-state index contributed by atoms with van der Waals surface area (Å²) in [5, 5.41) is 12.2. The quantitative estimate of drug-likeness (QED) is 0.828. The largest absolute Gasteiger partial charge is 0.394 e. The highest BCUT2D eigenvalue weighted by atomic mass is 35.5. The third-order valence-electron chi connectivity index (χ3n) is 2.40. The van der Waals surface area contributed by atoms with E-state index in [1.165, 1.54) is 13.8 Å². The summed E-state index contributed by atoms with van der Waals surface area (Å²) in [5.74, 6) is -1.66. The maximum absolute atomic E-state index is 13.4. The van der Waals surface area contributed by atoms with Crippen LogP contribution in [0.2, 0.25) is 5.02 Å². The first-order chi connectivity index (χ1) is 8.45. The number of benzene rings is 1. The molecule has 0 spiro atoms. The molecule has 0 bridgehead atoms. The summed E-state index contributed by atoms with van der Waals surface area (Å²) >= 11 is 5.74. The predicted octanol–water partition coefficient (Wildman–Crippen LogP) is 2.75. The van der Waals surface area contributed by atoms with E-state index in [2.05, 4.69) is 5.32 Å². The number of hydrogen-bond acceptors (Lipinski definition) is 2. The summed E-state index contributed by atoms with van der Waals surface area (Å²) in [4.78, 5) is 11.5. The molecule has 0 saturated carbocycles. The van der Waals surface area contributed by atoms with Crippen molar-refractivity contribution in [2.24, 2.45) is 0 Å². The monoisotopic (exact) mass is 271 g/mol. The lowest BCUT2D eigenvalue weighted by Crippen LogP contribution is -2.31. The SMILES string of the molecule is CC(C)=C(F)C(=O)NC(CO)c1ccc(Cl)cc1. The van der Waals surface area contributed by atoms with Crippen LogP contribution in [0, 0.1) is 0 Å². The predicted molar refractivity (Wildman–Crippen MR) is 68.9 cm³/mol. The standard InChI is InChI=1S/C13H15ClFNO2/c1-8(2)12(15)13(18)16-11(7-17)9-3-5-10(14)6-4-9/h3-6,11,17H,7H2,1-2H3,(H,16,18). The topological polar surface area (TPSA) is 49.3 Å². The van der Waals surface area contributed by atoms with Gasteiger partial charge in [0.15, 0.2) is 5.83 Å². The molecule has 0 saturated heterocycles. The number of aliphatic hydroxyl groups is 1. The molecule has 1 atom stereocenters. The van der Waals surface area contributed by atoms with E-state index in [0.29, 0.717) is 16.2 Å². The molecular weight excluding hydrogens is 257 g/mol. The highest BCUT2D eigenvalue weighted by molar-refractivity contribution is 6.30. The molecule has 0 radical (unpaired) electrons. The van der Waals surface area contributed by atoms with Gasteiger partial charge in [-0.25, -0.2) is 4.39 Å². The first-order valence-corrected chi connectivity index (χ1v) is 5.83. The molecule has 0 heterocycles. The Morgan fingerprint density at radius 3 is 2.39 bits per heavy atom. The van der Waals surface area contributed by atoms with Crippen LogP contribution < -0.4 is 5.32 Å². The maximum atomic E-state index is 13.4. The molecule has 3 nitrogen and oxygen atoms in total. The van der Waals surface area contributed by atoms with Gasteiger partial charge >= 0.3 is 0 Å². The Morgan fingerprint density at radius 1 is 1.39 bits per heavy atom. The second kappa shape index (κ2) is 6.52. The normalized spacial score (nSPS) is 11.8. The summed E-state index contributed by atoms with van der Waals surface area (Å²) in [5.41, 5.74) is 0.956. The van der Waals surface area contributed by atoms with Crippen molar-refractivity contribution in [2.45, 2.75) is 19.9 Å². The van der Waals surface area contributed by atoms with Crippen LogP contribution >= 0.6 is 11.6 Å². The fourth-order valence-corrected chi connectivity index (χ4v) is 1.50. The van der Waals surface area contributed by atoms with Gasteiger partial charge in [-0.3, -0.25) is 4.79 Å². The average molecular weight is 272 g/mol. The van der Waals surface area contributed by atoms with Crippen LogP contribution in [-0.4, -0.2) is 17.6 Å². The zero-order chi connectivity index (χ0) is 13.7. The molecule has 0 aliphatic heterocycles. The number of carbonyl (C=O) groups is 1. The number of halogens is 2. The van der Waals surface area contributed by atoms with Crippen LogP contribution in [0.25, 0.3) is 0 Å². The van der Waals surface area contributed by atoms with Gasteiger partial charge in [-0.2, -0.15) is 0 Å². The van der Waals surface area contributed by atoms with E-state index < -0.39 is 17.8 Å². The number of hydrogen-bond donors (Lipinski definition) is 2. The van der Waals surface area contributed by atoms with Gasteiger partial charge in [0, 0.05) is 5.02 Å². The Kier molecular flexibility index (Phi) is 5.31. The Morgan fingerprint density at radius 2 is 1.94 bits per heavy atom. The number of allylic oxidation sites excluding steroid dienone is 1. The zero-order valence-corrected chi connectivity index (χ0v) is 11.0. The van der Waals surface area contributed by atoms with E-state index in [-0.39, 0.29) is 6.61 Å². The van der Waals surface area contributed by atoms with E-state index in [1.807, 2.05) is 0 Å². The Labute approximate surface area is 110 Å². The minimum Gasteiger partial charge on any atom is -0.394 e. The van der Waals surface area contributed by atoms with Crippen LogP contribution in [0.1, 0.15) is 25.5 Å². The van der Waals surface area contributed by atoms with Gasteiger partial charge in [-0.1, -0.05) is 23.7 Å². The number of carbonyl (C=O) groups excluding carboxylic acids is 1. The van der Waals surface area contributed by atoms with E-state index in [4.69, 9.17) is 11.6 Å². The summed E-state index contributed by atoms with van der Waals surface area (Å²) in [6.45, 7) is 2.69. The smallest absolute Gasteiger partial charge is 0.280 e. The van der Waals surface area contributed by atoms with Crippen molar-refractivity contribution in [3.8, 4) is 0 Å². The van der Waals surface area contributed by atoms with Crippen molar-refractivity contribution in [1.82, 2.24) is 5.32 Å². The van der Waals surface area contributed by atoms with Crippen LogP contribution in [0.4, 0.5) is 4.39 Å². The molecule has 0 aromatic heterocycles.